The molecular formula is C11H6F2O2. The van der Waals surface area contributed by atoms with Gasteiger partial charge in [-0.15, -0.1) is 0 Å². The molecule has 0 aliphatic rings. The van der Waals surface area contributed by atoms with Crippen LogP contribution in [0.3, 0.4) is 0 Å². The third kappa shape index (κ3) is 2.47. The Morgan fingerprint density at radius 3 is 2.53 bits per heavy atom. The normalized spacial score (nSPS) is 9.00. The third-order valence-electron chi connectivity index (χ3n) is 1.70. The number of benzene rings is 1. The number of halogens is 2. The highest BCUT2D eigenvalue weighted by atomic mass is 19.1. The number of hydrogen-bond acceptors (Lipinski definition) is 2. The van der Waals surface area contributed by atoms with Crippen LogP contribution in [0.4, 0.5) is 8.78 Å². The molecule has 0 heterocycles. The van der Waals surface area contributed by atoms with Crippen LogP contribution in [0.15, 0.2) is 12.1 Å². The lowest BCUT2D eigenvalue weighted by Gasteiger charge is -2.00. The van der Waals surface area contributed by atoms with Gasteiger partial charge in [-0.1, -0.05) is 5.92 Å². The summed E-state index contributed by atoms with van der Waals surface area (Å²) in [5.74, 6) is 1.80. The molecule has 0 amide bonds. The summed E-state index contributed by atoms with van der Waals surface area (Å²) >= 11 is 0. The smallest absolute Gasteiger partial charge is 0.193 e. The van der Waals surface area contributed by atoms with Gasteiger partial charge in [0.2, 0.25) is 0 Å². The summed E-state index contributed by atoms with van der Waals surface area (Å²) in [5.41, 5.74) is -0.416. The molecular weight excluding hydrogens is 202 g/mol. The molecule has 2 nitrogen and oxygen atoms in total. The van der Waals surface area contributed by atoms with Gasteiger partial charge in [0.05, 0.1) is 11.1 Å². The first-order valence-corrected chi connectivity index (χ1v) is 4.01. The van der Waals surface area contributed by atoms with Crippen LogP contribution in [0.5, 0.6) is 0 Å². The molecule has 1 aromatic rings. The Morgan fingerprint density at radius 2 is 2.00 bits per heavy atom. The van der Waals surface area contributed by atoms with Crippen molar-refractivity contribution in [1.82, 2.24) is 0 Å². The second-order valence-corrected chi connectivity index (χ2v) is 2.76. The molecule has 76 valence electrons. The first kappa shape index (κ1) is 11.1. The van der Waals surface area contributed by atoms with Crippen LogP contribution >= 0.6 is 0 Å². The maximum Gasteiger partial charge on any atom is 0.193 e. The van der Waals surface area contributed by atoms with Crippen molar-refractivity contribution in [3.05, 3.63) is 34.9 Å². The molecule has 0 unspecified atom stereocenters. The summed E-state index contributed by atoms with van der Waals surface area (Å²) in [7, 11) is 0. The number of carbonyl (C=O) groups excluding carboxylic acids is 2. The molecule has 0 aromatic heterocycles. The third-order valence-corrected chi connectivity index (χ3v) is 1.70. The van der Waals surface area contributed by atoms with E-state index < -0.39 is 17.4 Å². The summed E-state index contributed by atoms with van der Waals surface area (Å²) in [6.45, 7) is 1.16. The molecule has 0 atom stereocenters. The Balaban J connectivity index is 3.35. The van der Waals surface area contributed by atoms with Crippen molar-refractivity contribution >= 4 is 12.1 Å². The van der Waals surface area contributed by atoms with E-state index in [0.717, 1.165) is 13.0 Å². The summed E-state index contributed by atoms with van der Waals surface area (Å²) in [6, 6.07) is 1.56. The average Bonchev–Trinajstić information content (AvgIpc) is 2.16. The number of carbonyl (C=O) groups is 2. The Hall–Kier alpha value is -2.02. The second kappa shape index (κ2) is 4.47. The van der Waals surface area contributed by atoms with Crippen molar-refractivity contribution < 1.29 is 18.4 Å². The molecule has 0 N–H and O–H groups in total. The predicted molar refractivity (Wildman–Crippen MR) is 49.3 cm³/mol. The van der Waals surface area contributed by atoms with Crippen LogP contribution in [0.25, 0.3) is 0 Å². The van der Waals surface area contributed by atoms with Crippen LogP contribution in [0, 0.1) is 23.5 Å². The summed E-state index contributed by atoms with van der Waals surface area (Å²) < 4.78 is 26.1. The Morgan fingerprint density at radius 1 is 1.33 bits per heavy atom. The van der Waals surface area contributed by atoms with E-state index in [2.05, 4.69) is 5.92 Å². The van der Waals surface area contributed by atoms with E-state index >= 15 is 0 Å². The van der Waals surface area contributed by atoms with Crippen LogP contribution < -0.4 is 0 Å². The fraction of sp³-hybridized carbons (Fsp3) is 0.0909. The molecule has 1 rings (SSSR count). The minimum absolute atomic E-state index is 0.172. The quantitative estimate of drug-likeness (QED) is 0.400. The largest absolute Gasteiger partial charge is 0.294 e. The minimum Gasteiger partial charge on any atom is -0.294 e. The minimum atomic E-state index is -0.934. The van der Waals surface area contributed by atoms with Crippen molar-refractivity contribution in [2.45, 2.75) is 6.92 Å². The van der Waals surface area contributed by atoms with Crippen LogP contribution in [-0.2, 0) is 4.79 Å². The van der Waals surface area contributed by atoms with Gasteiger partial charge in [-0.25, -0.2) is 8.78 Å². The highest BCUT2D eigenvalue weighted by Crippen LogP contribution is 2.14. The van der Waals surface area contributed by atoms with E-state index in [9.17, 15) is 18.4 Å². The van der Waals surface area contributed by atoms with Gasteiger partial charge in [0, 0.05) is 6.07 Å². The van der Waals surface area contributed by atoms with E-state index in [4.69, 9.17) is 0 Å². The van der Waals surface area contributed by atoms with Crippen LogP contribution in [-0.4, -0.2) is 12.1 Å². The van der Waals surface area contributed by atoms with Gasteiger partial charge in [-0.05, 0) is 18.9 Å². The van der Waals surface area contributed by atoms with E-state index in [1.165, 1.54) is 0 Å². The summed E-state index contributed by atoms with van der Waals surface area (Å²) in [4.78, 5) is 20.9. The lowest BCUT2D eigenvalue weighted by atomic mass is 10.1. The molecule has 0 aliphatic carbocycles. The van der Waals surface area contributed by atoms with Gasteiger partial charge in [-0.2, -0.15) is 0 Å². The molecule has 1 aromatic carbocycles. The van der Waals surface area contributed by atoms with Crippen molar-refractivity contribution in [3.63, 3.8) is 0 Å². The molecule has 0 radical (unpaired) electrons. The number of ketones is 1. The highest BCUT2D eigenvalue weighted by molar-refractivity contribution is 5.94. The zero-order chi connectivity index (χ0) is 11.4. The number of aldehydes is 1. The molecule has 15 heavy (non-hydrogen) atoms. The van der Waals surface area contributed by atoms with E-state index in [1.807, 2.05) is 5.92 Å². The van der Waals surface area contributed by atoms with Crippen LogP contribution in [0.2, 0.25) is 0 Å². The molecule has 0 aliphatic heterocycles. The first-order chi connectivity index (χ1) is 7.06. The molecule has 0 bridgehead atoms. The SMILES string of the molecule is CC(=O)c1cc(C#CC=O)c(F)cc1F. The lowest BCUT2D eigenvalue weighted by Crippen LogP contribution is -2.00. The fourth-order valence-corrected chi connectivity index (χ4v) is 1.02. The average molecular weight is 208 g/mol. The van der Waals surface area contributed by atoms with Crippen molar-refractivity contribution in [2.24, 2.45) is 0 Å². The monoisotopic (exact) mass is 208 g/mol. The Bertz CT molecular complexity index is 481. The van der Waals surface area contributed by atoms with Gasteiger partial charge >= 0.3 is 0 Å². The predicted octanol–water partition coefficient (Wildman–Crippen LogP) is 1.72. The second-order valence-electron chi connectivity index (χ2n) is 2.76. The standard InChI is InChI=1S/C11H6F2O2/c1-7(15)9-5-8(3-2-4-14)10(12)6-11(9)13/h4-6H,1H3. The maximum atomic E-state index is 13.0. The number of rotatable bonds is 1. The maximum absolute atomic E-state index is 13.0. The number of hydrogen-bond donors (Lipinski definition) is 0. The number of Topliss-reactive ketones (excluding diaryl/α,β-unsaturated/α-hetero) is 1. The van der Waals surface area contributed by atoms with Gasteiger partial charge in [0.25, 0.3) is 0 Å². The van der Waals surface area contributed by atoms with E-state index in [1.54, 1.807) is 0 Å². The molecule has 0 saturated carbocycles. The van der Waals surface area contributed by atoms with Gasteiger partial charge < -0.3 is 0 Å². The highest BCUT2D eigenvalue weighted by Gasteiger charge is 2.11. The topological polar surface area (TPSA) is 34.1 Å². The van der Waals surface area contributed by atoms with Gasteiger partial charge in [-0.3, -0.25) is 9.59 Å². The van der Waals surface area contributed by atoms with Crippen molar-refractivity contribution in [1.29, 1.82) is 0 Å². The van der Waals surface area contributed by atoms with Gasteiger partial charge in [0.1, 0.15) is 11.6 Å². The van der Waals surface area contributed by atoms with E-state index in [0.29, 0.717) is 6.07 Å². The first-order valence-electron chi connectivity index (χ1n) is 4.01. The van der Waals surface area contributed by atoms with Crippen LogP contribution in [0.1, 0.15) is 22.8 Å². The Labute approximate surface area is 84.9 Å². The Kier molecular flexibility index (Phi) is 3.29. The summed E-state index contributed by atoms with van der Waals surface area (Å²) in [5, 5.41) is 0. The van der Waals surface area contributed by atoms with E-state index in [-0.39, 0.29) is 17.4 Å². The zero-order valence-electron chi connectivity index (χ0n) is 7.80. The molecule has 4 heteroatoms. The molecule has 0 fully saturated rings. The molecule has 0 spiro atoms. The lowest BCUT2D eigenvalue weighted by molar-refractivity contribution is -0.103. The van der Waals surface area contributed by atoms with Crippen molar-refractivity contribution in [2.75, 3.05) is 0 Å². The van der Waals surface area contributed by atoms with Gasteiger partial charge in [0.15, 0.2) is 12.1 Å². The summed E-state index contributed by atoms with van der Waals surface area (Å²) in [6.07, 6.45) is 0.288. The fourth-order valence-electron chi connectivity index (χ4n) is 1.02. The zero-order valence-corrected chi connectivity index (χ0v) is 7.80. The van der Waals surface area contributed by atoms with Crippen molar-refractivity contribution in [3.8, 4) is 11.8 Å². The molecule has 0 saturated heterocycles.